The molecule has 6 heteroatoms. The van der Waals surface area contributed by atoms with E-state index < -0.39 is 0 Å². The third-order valence-electron chi connectivity index (χ3n) is 4.16. The van der Waals surface area contributed by atoms with E-state index in [2.05, 4.69) is 15.5 Å². The van der Waals surface area contributed by atoms with E-state index in [0.29, 0.717) is 22.9 Å². The number of carbonyl (C=O) groups excluding carboxylic acids is 1. The Bertz CT molecular complexity index is 907. The number of pyridine rings is 1. The second-order valence-electron chi connectivity index (χ2n) is 6.17. The minimum absolute atomic E-state index is 0.233. The molecule has 0 atom stereocenters. The highest BCUT2D eigenvalue weighted by atomic mass is 16.5. The van der Waals surface area contributed by atoms with E-state index in [-0.39, 0.29) is 12.5 Å². The number of carbonyl (C=O) groups is 1. The molecule has 0 aliphatic rings. The molecule has 0 aliphatic carbocycles. The van der Waals surface area contributed by atoms with Crippen LogP contribution in [0.2, 0.25) is 0 Å². The molecule has 0 spiro atoms. The first-order chi connectivity index (χ1) is 12.5. The molecule has 2 heterocycles. The van der Waals surface area contributed by atoms with Crippen LogP contribution in [0.1, 0.15) is 38.5 Å². The zero-order chi connectivity index (χ0) is 18.7. The summed E-state index contributed by atoms with van der Waals surface area (Å²) in [4.78, 5) is 16.8. The lowest BCUT2D eigenvalue weighted by molar-refractivity contribution is 0.0948. The molecule has 0 saturated carbocycles. The molecule has 1 N–H and O–H groups in total. The Labute approximate surface area is 152 Å². The fourth-order valence-corrected chi connectivity index (χ4v) is 2.78. The summed E-state index contributed by atoms with van der Waals surface area (Å²) in [6.07, 6.45) is 1.67. The first-order valence-corrected chi connectivity index (χ1v) is 8.36. The number of aromatic nitrogens is 2. The minimum Gasteiger partial charge on any atom is -0.438 e. The predicted octanol–water partition coefficient (Wildman–Crippen LogP) is 4.03. The quantitative estimate of drug-likeness (QED) is 0.751. The molecule has 0 fully saturated rings. The number of nitrogens with one attached hydrogen (secondary N) is 1. The lowest BCUT2D eigenvalue weighted by atomic mass is 10.1. The highest BCUT2D eigenvalue weighted by molar-refractivity contribution is 5.96. The Morgan fingerprint density at radius 2 is 1.85 bits per heavy atom. The summed E-state index contributed by atoms with van der Waals surface area (Å²) >= 11 is 0. The minimum atomic E-state index is -0.233. The van der Waals surface area contributed by atoms with Crippen molar-refractivity contribution in [1.82, 2.24) is 15.5 Å². The lowest BCUT2D eigenvalue weighted by Crippen LogP contribution is -2.24. The van der Waals surface area contributed by atoms with E-state index in [0.717, 1.165) is 22.4 Å². The Hall–Kier alpha value is -3.15. The van der Waals surface area contributed by atoms with E-state index in [9.17, 15) is 4.79 Å². The van der Waals surface area contributed by atoms with E-state index in [4.69, 9.17) is 9.26 Å². The standard InChI is InChI=1S/C20H21N3O3/c1-12-7-5-8-13(2)18(12)25-20-16(9-6-10-21-20)11-22-19(24)17-14(3)23-26-15(17)4/h5-10H,11H2,1-4H3,(H,22,24). The molecule has 0 unspecified atom stereocenters. The number of hydrogen-bond donors (Lipinski definition) is 1. The van der Waals surface area contributed by atoms with E-state index in [1.807, 2.05) is 44.2 Å². The summed E-state index contributed by atoms with van der Waals surface area (Å²) in [6.45, 7) is 7.73. The fourth-order valence-electron chi connectivity index (χ4n) is 2.78. The van der Waals surface area contributed by atoms with Gasteiger partial charge < -0.3 is 14.6 Å². The summed E-state index contributed by atoms with van der Waals surface area (Å²) in [7, 11) is 0. The molecule has 1 amide bonds. The van der Waals surface area contributed by atoms with Crippen LogP contribution in [0, 0.1) is 27.7 Å². The lowest BCUT2D eigenvalue weighted by Gasteiger charge is -2.14. The molecule has 134 valence electrons. The van der Waals surface area contributed by atoms with Crippen molar-refractivity contribution in [3.05, 3.63) is 70.2 Å². The predicted molar refractivity (Wildman–Crippen MR) is 97.4 cm³/mol. The summed E-state index contributed by atoms with van der Waals surface area (Å²) in [6, 6.07) is 9.66. The average Bonchev–Trinajstić information content (AvgIpc) is 2.95. The molecule has 26 heavy (non-hydrogen) atoms. The monoisotopic (exact) mass is 351 g/mol. The molecular weight excluding hydrogens is 330 g/mol. The summed E-state index contributed by atoms with van der Waals surface area (Å²) in [5, 5.41) is 6.69. The maximum Gasteiger partial charge on any atom is 0.257 e. The van der Waals surface area contributed by atoms with Crippen molar-refractivity contribution in [3.63, 3.8) is 0 Å². The van der Waals surface area contributed by atoms with Crippen molar-refractivity contribution in [1.29, 1.82) is 0 Å². The Morgan fingerprint density at radius 1 is 1.12 bits per heavy atom. The first kappa shape index (κ1) is 17.7. The second-order valence-corrected chi connectivity index (χ2v) is 6.17. The van der Waals surface area contributed by atoms with Gasteiger partial charge in [-0.1, -0.05) is 29.4 Å². The van der Waals surface area contributed by atoms with E-state index >= 15 is 0 Å². The van der Waals surface area contributed by atoms with Crippen LogP contribution in [0.15, 0.2) is 41.1 Å². The molecule has 3 rings (SSSR count). The van der Waals surface area contributed by atoms with E-state index in [1.54, 1.807) is 20.0 Å². The Balaban J connectivity index is 1.79. The summed E-state index contributed by atoms with van der Waals surface area (Å²) < 4.78 is 11.1. The van der Waals surface area contributed by atoms with Crippen LogP contribution in [-0.4, -0.2) is 16.0 Å². The number of benzene rings is 1. The van der Waals surface area contributed by atoms with Crippen molar-refractivity contribution in [2.75, 3.05) is 0 Å². The Kier molecular flexibility index (Phi) is 5.02. The molecule has 6 nitrogen and oxygen atoms in total. The summed E-state index contributed by atoms with van der Waals surface area (Å²) in [5.74, 6) is 1.52. The topological polar surface area (TPSA) is 77.2 Å². The Morgan fingerprint density at radius 3 is 2.50 bits per heavy atom. The van der Waals surface area contributed by atoms with Crippen LogP contribution in [0.5, 0.6) is 11.6 Å². The van der Waals surface area contributed by atoms with Crippen molar-refractivity contribution in [2.24, 2.45) is 0 Å². The number of aryl methyl sites for hydroxylation is 4. The number of para-hydroxylation sites is 1. The molecule has 0 saturated heterocycles. The SMILES string of the molecule is Cc1cccc(C)c1Oc1ncccc1CNC(=O)c1c(C)noc1C. The van der Waals surface area contributed by atoms with Crippen LogP contribution in [0.3, 0.4) is 0 Å². The van der Waals surface area contributed by atoms with Gasteiger partial charge in [0.15, 0.2) is 0 Å². The molecule has 1 aromatic carbocycles. The van der Waals surface area contributed by atoms with Gasteiger partial charge in [0, 0.05) is 18.3 Å². The maximum atomic E-state index is 12.4. The van der Waals surface area contributed by atoms with Crippen LogP contribution < -0.4 is 10.1 Å². The highest BCUT2D eigenvalue weighted by Crippen LogP contribution is 2.29. The van der Waals surface area contributed by atoms with Gasteiger partial charge in [0.2, 0.25) is 5.88 Å². The average molecular weight is 351 g/mol. The summed E-state index contributed by atoms with van der Waals surface area (Å²) in [5.41, 5.74) is 3.88. The molecule has 3 aromatic rings. The van der Waals surface area contributed by atoms with Gasteiger partial charge in [0.25, 0.3) is 5.91 Å². The third-order valence-corrected chi connectivity index (χ3v) is 4.16. The zero-order valence-electron chi connectivity index (χ0n) is 15.3. The number of rotatable bonds is 5. The number of amides is 1. The molecule has 0 bridgehead atoms. The van der Waals surface area contributed by atoms with Crippen molar-refractivity contribution in [2.45, 2.75) is 34.2 Å². The van der Waals surface area contributed by atoms with E-state index in [1.165, 1.54) is 0 Å². The highest BCUT2D eigenvalue weighted by Gasteiger charge is 2.18. The largest absolute Gasteiger partial charge is 0.438 e. The normalized spacial score (nSPS) is 10.6. The third kappa shape index (κ3) is 3.59. The maximum absolute atomic E-state index is 12.4. The van der Waals surface area contributed by atoms with Gasteiger partial charge in [-0.15, -0.1) is 0 Å². The van der Waals surface area contributed by atoms with Crippen LogP contribution in [0.4, 0.5) is 0 Å². The van der Waals surface area contributed by atoms with Gasteiger partial charge in [0.05, 0.1) is 5.69 Å². The van der Waals surface area contributed by atoms with Gasteiger partial charge in [0.1, 0.15) is 17.1 Å². The van der Waals surface area contributed by atoms with Gasteiger partial charge in [-0.2, -0.15) is 0 Å². The second kappa shape index (κ2) is 7.39. The van der Waals surface area contributed by atoms with Gasteiger partial charge in [-0.3, -0.25) is 4.79 Å². The van der Waals surface area contributed by atoms with Crippen LogP contribution in [-0.2, 0) is 6.54 Å². The molecule has 0 aliphatic heterocycles. The first-order valence-electron chi connectivity index (χ1n) is 8.36. The smallest absolute Gasteiger partial charge is 0.257 e. The molecule has 0 radical (unpaired) electrons. The van der Waals surface area contributed by atoms with Gasteiger partial charge >= 0.3 is 0 Å². The van der Waals surface area contributed by atoms with Gasteiger partial charge in [-0.05, 0) is 44.9 Å². The molecular formula is C20H21N3O3. The molecule has 2 aromatic heterocycles. The number of nitrogens with zero attached hydrogens (tertiary/aromatic N) is 2. The number of ether oxygens (including phenoxy) is 1. The van der Waals surface area contributed by atoms with Crippen molar-refractivity contribution >= 4 is 5.91 Å². The zero-order valence-corrected chi connectivity index (χ0v) is 15.3. The van der Waals surface area contributed by atoms with Crippen molar-refractivity contribution < 1.29 is 14.1 Å². The van der Waals surface area contributed by atoms with Crippen LogP contribution >= 0.6 is 0 Å². The fraction of sp³-hybridized carbons (Fsp3) is 0.250. The van der Waals surface area contributed by atoms with Crippen molar-refractivity contribution in [3.8, 4) is 11.6 Å². The van der Waals surface area contributed by atoms with Crippen LogP contribution in [0.25, 0.3) is 0 Å². The van der Waals surface area contributed by atoms with Gasteiger partial charge in [-0.25, -0.2) is 4.98 Å². The number of hydrogen-bond acceptors (Lipinski definition) is 5.